The number of hydrogen-bond donors (Lipinski definition) is 3. The van der Waals surface area contributed by atoms with E-state index in [0.717, 1.165) is 32.5 Å². The Labute approximate surface area is 121 Å². The molecule has 3 N–H and O–H groups in total. The number of aryl methyl sites for hydroxylation is 1. The lowest BCUT2D eigenvalue weighted by Gasteiger charge is -2.22. The number of fused-ring (bicyclic) bond motifs is 1. The van der Waals surface area contributed by atoms with Gasteiger partial charge in [0.05, 0.1) is 6.04 Å². The summed E-state index contributed by atoms with van der Waals surface area (Å²) >= 11 is 0. The first-order chi connectivity index (χ1) is 9.72. The molecule has 0 bridgehead atoms. The van der Waals surface area contributed by atoms with Crippen molar-refractivity contribution in [3.05, 3.63) is 29.3 Å². The molecule has 0 spiro atoms. The zero-order chi connectivity index (χ0) is 14.4. The molecule has 4 heteroatoms. The minimum absolute atomic E-state index is 0.0737. The van der Waals surface area contributed by atoms with Crippen LogP contribution >= 0.6 is 0 Å². The molecule has 1 heterocycles. The summed E-state index contributed by atoms with van der Waals surface area (Å²) in [6.07, 6.45) is 3.30. The third kappa shape index (κ3) is 3.73. The number of benzene rings is 1. The fourth-order valence-corrected chi connectivity index (χ4v) is 2.49. The number of carbonyl (C=O) groups excluding carboxylic acids is 1. The minimum atomic E-state index is -0.166. The number of para-hydroxylation sites is 1. The largest absolute Gasteiger partial charge is 0.385 e. The maximum absolute atomic E-state index is 11.8. The van der Waals surface area contributed by atoms with Crippen LogP contribution in [0.25, 0.3) is 0 Å². The first-order valence-electron chi connectivity index (χ1n) is 7.58. The Morgan fingerprint density at radius 3 is 3.10 bits per heavy atom. The molecule has 2 rings (SSSR count). The molecule has 0 saturated heterocycles. The van der Waals surface area contributed by atoms with Crippen molar-refractivity contribution >= 4 is 11.6 Å². The van der Waals surface area contributed by atoms with E-state index in [0.29, 0.717) is 0 Å². The molecule has 0 radical (unpaired) electrons. The fraction of sp³-hybridized carbons (Fsp3) is 0.562. The highest BCUT2D eigenvalue weighted by atomic mass is 16.2. The van der Waals surface area contributed by atoms with E-state index >= 15 is 0 Å². The highest BCUT2D eigenvalue weighted by Gasteiger charge is 2.15. The number of carbonyl (C=O) groups is 1. The van der Waals surface area contributed by atoms with Gasteiger partial charge in [-0.15, -0.1) is 0 Å². The van der Waals surface area contributed by atoms with Gasteiger partial charge in [-0.05, 0) is 37.3 Å². The Bertz CT molecular complexity index is 459. The summed E-state index contributed by atoms with van der Waals surface area (Å²) < 4.78 is 0. The summed E-state index contributed by atoms with van der Waals surface area (Å²) in [5, 5.41) is 9.70. The molecule has 0 aromatic heterocycles. The molecular formula is C16H25N3O. The second kappa shape index (κ2) is 7.29. The van der Waals surface area contributed by atoms with E-state index in [9.17, 15) is 4.79 Å². The number of anilines is 1. The third-order valence-electron chi connectivity index (χ3n) is 3.70. The van der Waals surface area contributed by atoms with Crippen LogP contribution in [0, 0.1) is 0 Å². The van der Waals surface area contributed by atoms with Crippen LogP contribution in [0.5, 0.6) is 0 Å². The number of rotatable bonds is 6. The molecule has 110 valence electrons. The molecule has 1 atom stereocenters. The Morgan fingerprint density at radius 1 is 1.45 bits per heavy atom. The van der Waals surface area contributed by atoms with Gasteiger partial charge in [-0.2, -0.15) is 0 Å². The fourth-order valence-electron chi connectivity index (χ4n) is 2.49. The summed E-state index contributed by atoms with van der Waals surface area (Å²) in [5.41, 5.74) is 3.89. The van der Waals surface area contributed by atoms with Crippen LogP contribution < -0.4 is 16.0 Å². The zero-order valence-corrected chi connectivity index (χ0v) is 12.5. The molecule has 1 unspecified atom stereocenters. The molecule has 1 aliphatic rings. The molecular weight excluding hydrogens is 250 g/mol. The quantitative estimate of drug-likeness (QED) is 0.745. The highest BCUT2D eigenvalue weighted by Crippen LogP contribution is 2.25. The van der Waals surface area contributed by atoms with Crippen molar-refractivity contribution in [2.24, 2.45) is 0 Å². The van der Waals surface area contributed by atoms with Crippen molar-refractivity contribution in [3.8, 4) is 0 Å². The van der Waals surface area contributed by atoms with Gasteiger partial charge in [-0.3, -0.25) is 4.79 Å². The SMILES string of the molecule is CCCNC(=O)C(C)NCc1cccc2c1NCCC2. The molecule has 20 heavy (non-hydrogen) atoms. The van der Waals surface area contributed by atoms with E-state index < -0.39 is 0 Å². The molecule has 1 aromatic rings. The van der Waals surface area contributed by atoms with E-state index in [-0.39, 0.29) is 11.9 Å². The molecule has 0 saturated carbocycles. The van der Waals surface area contributed by atoms with Gasteiger partial charge in [-0.1, -0.05) is 25.1 Å². The Balaban J connectivity index is 1.92. The Kier molecular flexibility index (Phi) is 5.41. The van der Waals surface area contributed by atoms with Gasteiger partial charge < -0.3 is 16.0 Å². The maximum atomic E-state index is 11.8. The normalized spacial score (nSPS) is 15.1. The van der Waals surface area contributed by atoms with Crippen LogP contribution in [0.15, 0.2) is 18.2 Å². The van der Waals surface area contributed by atoms with Gasteiger partial charge in [0.2, 0.25) is 5.91 Å². The smallest absolute Gasteiger partial charge is 0.236 e. The van der Waals surface area contributed by atoms with Crippen LogP contribution in [-0.4, -0.2) is 25.0 Å². The van der Waals surface area contributed by atoms with E-state index in [1.165, 1.54) is 23.2 Å². The lowest BCUT2D eigenvalue weighted by atomic mass is 9.99. The van der Waals surface area contributed by atoms with Crippen molar-refractivity contribution in [1.82, 2.24) is 10.6 Å². The Hall–Kier alpha value is -1.55. The van der Waals surface area contributed by atoms with Crippen molar-refractivity contribution in [1.29, 1.82) is 0 Å². The molecule has 4 nitrogen and oxygen atoms in total. The van der Waals surface area contributed by atoms with E-state index in [1.54, 1.807) is 0 Å². The van der Waals surface area contributed by atoms with Crippen LogP contribution in [0.2, 0.25) is 0 Å². The molecule has 1 aromatic carbocycles. The first kappa shape index (κ1) is 14.9. The minimum Gasteiger partial charge on any atom is -0.385 e. The number of nitrogens with one attached hydrogen (secondary N) is 3. The van der Waals surface area contributed by atoms with Crippen LogP contribution in [0.4, 0.5) is 5.69 Å². The topological polar surface area (TPSA) is 53.2 Å². The van der Waals surface area contributed by atoms with Crippen molar-refractivity contribution < 1.29 is 4.79 Å². The first-order valence-corrected chi connectivity index (χ1v) is 7.58. The second-order valence-corrected chi connectivity index (χ2v) is 5.38. The average Bonchev–Trinajstić information content (AvgIpc) is 2.50. The highest BCUT2D eigenvalue weighted by molar-refractivity contribution is 5.81. The van der Waals surface area contributed by atoms with Crippen molar-refractivity contribution in [3.63, 3.8) is 0 Å². The average molecular weight is 275 g/mol. The standard InChI is InChI=1S/C16H25N3O/c1-3-9-18-16(20)12(2)19-11-14-7-4-6-13-8-5-10-17-15(13)14/h4,6-7,12,17,19H,3,5,8-11H2,1-2H3,(H,18,20). The Morgan fingerprint density at radius 2 is 2.30 bits per heavy atom. The zero-order valence-electron chi connectivity index (χ0n) is 12.5. The molecule has 0 fully saturated rings. The number of hydrogen-bond acceptors (Lipinski definition) is 3. The third-order valence-corrected chi connectivity index (χ3v) is 3.70. The lowest BCUT2D eigenvalue weighted by Crippen LogP contribution is -2.42. The van der Waals surface area contributed by atoms with Crippen LogP contribution in [0.3, 0.4) is 0 Å². The van der Waals surface area contributed by atoms with Crippen molar-refractivity contribution in [2.75, 3.05) is 18.4 Å². The summed E-state index contributed by atoms with van der Waals surface area (Å²) in [4.78, 5) is 11.8. The second-order valence-electron chi connectivity index (χ2n) is 5.38. The van der Waals surface area contributed by atoms with Gasteiger partial charge in [0, 0.05) is 25.3 Å². The summed E-state index contributed by atoms with van der Waals surface area (Å²) in [6.45, 7) is 6.47. The van der Waals surface area contributed by atoms with Crippen molar-refractivity contribution in [2.45, 2.75) is 45.7 Å². The summed E-state index contributed by atoms with van der Waals surface area (Å²) in [7, 11) is 0. The van der Waals surface area contributed by atoms with E-state index in [2.05, 4.69) is 41.1 Å². The summed E-state index contributed by atoms with van der Waals surface area (Å²) in [6, 6.07) is 6.24. The predicted octanol–water partition coefficient (Wildman–Crippen LogP) is 2.05. The van der Waals surface area contributed by atoms with Crippen LogP contribution in [-0.2, 0) is 17.8 Å². The van der Waals surface area contributed by atoms with Gasteiger partial charge in [0.25, 0.3) is 0 Å². The van der Waals surface area contributed by atoms with E-state index in [4.69, 9.17) is 0 Å². The monoisotopic (exact) mass is 275 g/mol. The van der Waals surface area contributed by atoms with Gasteiger partial charge in [0.1, 0.15) is 0 Å². The molecule has 1 aliphatic heterocycles. The van der Waals surface area contributed by atoms with Gasteiger partial charge in [0.15, 0.2) is 0 Å². The maximum Gasteiger partial charge on any atom is 0.236 e. The predicted molar refractivity (Wildman–Crippen MR) is 82.9 cm³/mol. The van der Waals surface area contributed by atoms with Gasteiger partial charge >= 0.3 is 0 Å². The lowest BCUT2D eigenvalue weighted by molar-refractivity contribution is -0.122. The molecule has 1 amide bonds. The molecule has 0 aliphatic carbocycles. The number of amides is 1. The summed E-state index contributed by atoms with van der Waals surface area (Å²) in [5.74, 6) is 0.0737. The van der Waals surface area contributed by atoms with Crippen LogP contribution in [0.1, 0.15) is 37.8 Å². The van der Waals surface area contributed by atoms with Gasteiger partial charge in [-0.25, -0.2) is 0 Å². The van der Waals surface area contributed by atoms with E-state index in [1.807, 2.05) is 6.92 Å².